The molecule has 0 spiro atoms. The fourth-order valence-electron chi connectivity index (χ4n) is 2.93. The van der Waals surface area contributed by atoms with E-state index in [-0.39, 0.29) is 24.8 Å². The maximum Gasteiger partial charge on any atom is 0.411 e. The fourth-order valence-corrected chi connectivity index (χ4v) is 2.93. The Kier molecular flexibility index (Phi) is 4.52. The van der Waals surface area contributed by atoms with Crippen molar-refractivity contribution < 1.29 is 24.1 Å². The normalized spacial score (nSPS) is 32.5. The van der Waals surface area contributed by atoms with Crippen LogP contribution in [0.1, 0.15) is 47.5 Å². The number of likely N-dealkylation sites (tertiary alicyclic amines) is 1. The lowest BCUT2D eigenvalue weighted by atomic mass is 9.92. The standard InChI is InChI=1S/C15H27NO5/c1-14(2,3)21-13(18)16-10(8-17)6-7-12-11(16)9-19-15(4,5)20-12/h10-12,17H,6-9H2,1-5H3/t10-,11+,12-/m0/s1. The summed E-state index contributed by atoms with van der Waals surface area (Å²) in [4.78, 5) is 14.1. The third-order valence-electron chi connectivity index (χ3n) is 3.82. The van der Waals surface area contributed by atoms with Crippen LogP contribution in [0, 0.1) is 0 Å². The molecule has 2 aliphatic rings. The van der Waals surface area contributed by atoms with Crippen LogP contribution in [0.4, 0.5) is 4.79 Å². The minimum Gasteiger partial charge on any atom is -0.444 e. The molecule has 2 saturated heterocycles. The minimum absolute atomic E-state index is 0.0775. The Hall–Kier alpha value is -0.850. The van der Waals surface area contributed by atoms with E-state index in [9.17, 15) is 9.90 Å². The van der Waals surface area contributed by atoms with E-state index in [1.165, 1.54) is 0 Å². The molecule has 21 heavy (non-hydrogen) atoms. The Balaban J connectivity index is 2.16. The van der Waals surface area contributed by atoms with E-state index in [0.29, 0.717) is 13.0 Å². The molecule has 0 aromatic heterocycles. The van der Waals surface area contributed by atoms with Crippen LogP contribution in [-0.2, 0) is 14.2 Å². The molecule has 0 aromatic carbocycles. The number of aliphatic hydroxyl groups excluding tert-OH is 1. The summed E-state index contributed by atoms with van der Waals surface area (Å²) in [6.07, 6.45) is 1.02. The van der Waals surface area contributed by atoms with Crippen LogP contribution < -0.4 is 0 Å². The van der Waals surface area contributed by atoms with Crippen molar-refractivity contribution >= 4 is 6.09 Å². The van der Waals surface area contributed by atoms with Gasteiger partial charge in [-0.25, -0.2) is 4.79 Å². The first-order chi connectivity index (χ1) is 9.63. The smallest absolute Gasteiger partial charge is 0.411 e. The van der Waals surface area contributed by atoms with Crippen molar-refractivity contribution in [3.8, 4) is 0 Å². The van der Waals surface area contributed by atoms with Crippen LogP contribution in [0.2, 0.25) is 0 Å². The topological polar surface area (TPSA) is 68.2 Å². The van der Waals surface area contributed by atoms with Crippen LogP contribution in [0.15, 0.2) is 0 Å². The van der Waals surface area contributed by atoms with Gasteiger partial charge in [-0.15, -0.1) is 0 Å². The zero-order valence-electron chi connectivity index (χ0n) is 13.6. The molecule has 2 rings (SSSR count). The molecule has 6 nitrogen and oxygen atoms in total. The van der Waals surface area contributed by atoms with Gasteiger partial charge in [0, 0.05) is 0 Å². The number of aliphatic hydroxyl groups is 1. The van der Waals surface area contributed by atoms with Crippen LogP contribution in [-0.4, -0.2) is 58.9 Å². The summed E-state index contributed by atoms with van der Waals surface area (Å²) in [7, 11) is 0. The van der Waals surface area contributed by atoms with Crippen LogP contribution >= 0.6 is 0 Å². The van der Waals surface area contributed by atoms with Crippen molar-refractivity contribution in [1.82, 2.24) is 4.90 Å². The fraction of sp³-hybridized carbons (Fsp3) is 0.933. The molecule has 2 heterocycles. The molecule has 122 valence electrons. The molecule has 3 atom stereocenters. The van der Waals surface area contributed by atoms with Crippen molar-refractivity contribution in [3.05, 3.63) is 0 Å². The molecular formula is C15H27NO5. The van der Waals surface area contributed by atoms with E-state index < -0.39 is 17.5 Å². The third-order valence-corrected chi connectivity index (χ3v) is 3.82. The molecule has 1 amide bonds. The van der Waals surface area contributed by atoms with Crippen molar-refractivity contribution in [3.63, 3.8) is 0 Å². The largest absolute Gasteiger partial charge is 0.444 e. The Morgan fingerprint density at radius 1 is 1.38 bits per heavy atom. The second-order valence-corrected chi connectivity index (χ2v) is 7.24. The van der Waals surface area contributed by atoms with Gasteiger partial charge >= 0.3 is 6.09 Å². The third kappa shape index (κ3) is 3.87. The lowest BCUT2D eigenvalue weighted by Crippen LogP contribution is -2.64. The molecule has 0 radical (unpaired) electrons. The summed E-state index contributed by atoms with van der Waals surface area (Å²) >= 11 is 0. The summed E-state index contributed by atoms with van der Waals surface area (Å²) in [5, 5.41) is 9.57. The van der Waals surface area contributed by atoms with Crippen LogP contribution in [0.25, 0.3) is 0 Å². The van der Waals surface area contributed by atoms with Crippen molar-refractivity contribution in [1.29, 1.82) is 0 Å². The lowest BCUT2D eigenvalue weighted by Gasteiger charge is -2.50. The Morgan fingerprint density at radius 2 is 2.05 bits per heavy atom. The van der Waals surface area contributed by atoms with Gasteiger partial charge in [0.2, 0.25) is 0 Å². The number of ether oxygens (including phenoxy) is 3. The Labute approximate surface area is 126 Å². The van der Waals surface area contributed by atoms with E-state index in [0.717, 1.165) is 6.42 Å². The number of fused-ring (bicyclic) bond motifs is 1. The maximum atomic E-state index is 12.5. The summed E-state index contributed by atoms with van der Waals surface area (Å²) in [6, 6.07) is -0.451. The predicted octanol–water partition coefficient (Wildman–Crippen LogP) is 1.90. The van der Waals surface area contributed by atoms with Gasteiger partial charge in [-0.2, -0.15) is 0 Å². The molecule has 0 aromatic rings. The highest BCUT2D eigenvalue weighted by Crippen LogP contribution is 2.34. The van der Waals surface area contributed by atoms with E-state index in [4.69, 9.17) is 14.2 Å². The summed E-state index contributed by atoms with van der Waals surface area (Å²) in [5.74, 6) is -0.632. The number of carbonyl (C=O) groups is 1. The number of nitrogens with zero attached hydrogens (tertiary/aromatic N) is 1. The molecule has 0 saturated carbocycles. The van der Waals surface area contributed by atoms with Crippen LogP contribution in [0.5, 0.6) is 0 Å². The van der Waals surface area contributed by atoms with Crippen molar-refractivity contribution in [2.75, 3.05) is 13.2 Å². The second kappa shape index (κ2) is 5.74. The van der Waals surface area contributed by atoms with Gasteiger partial charge in [-0.3, -0.25) is 4.90 Å². The van der Waals surface area contributed by atoms with Gasteiger partial charge in [0.05, 0.1) is 31.4 Å². The highest BCUT2D eigenvalue weighted by molar-refractivity contribution is 5.69. The predicted molar refractivity (Wildman–Crippen MR) is 76.9 cm³/mol. The first-order valence-corrected chi connectivity index (χ1v) is 7.57. The van der Waals surface area contributed by atoms with Gasteiger partial charge in [0.15, 0.2) is 5.79 Å². The van der Waals surface area contributed by atoms with Gasteiger partial charge in [-0.05, 0) is 47.5 Å². The molecule has 2 fully saturated rings. The number of piperidine rings is 1. The van der Waals surface area contributed by atoms with Crippen molar-refractivity contribution in [2.24, 2.45) is 0 Å². The number of hydrogen-bond acceptors (Lipinski definition) is 5. The zero-order chi connectivity index (χ0) is 15.8. The number of hydrogen-bond donors (Lipinski definition) is 1. The molecule has 6 heteroatoms. The zero-order valence-corrected chi connectivity index (χ0v) is 13.6. The van der Waals surface area contributed by atoms with Gasteiger partial charge in [-0.1, -0.05) is 0 Å². The van der Waals surface area contributed by atoms with E-state index in [2.05, 4.69) is 0 Å². The first-order valence-electron chi connectivity index (χ1n) is 7.57. The second-order valence-electron chi connectivity index (χ2n) is 7.24. The monoisotopic (exact) mass is 301 g/mol. The minimum atomic E-state index is -0.632. The first kappa shape index (κ1) is 16.5. The molecular weight excluding hydrogens is 274 g/mol. The van der Waals surface area contributed by atoms with E-state index in [1.54, 1.807) is 4.90 Å². The molecule has 0 bridgehead atoms. The summed E-state index contributed by atoms with van der Waals surface area (Å²) in [6.45, 7) is 9.56. The van der Waals surface area contributed by atoms with Crippen LogP contribution in [0.3, 0.4) is 0 Å². The van der Waals surface area contributed by atoms with Gasteiger partial charge < -0.3 is 19.3 Å². The summed E-state index contributed by atoms with van der Waals surface area (Å²) in [5.41, 5.74) is -0.570. The maximum absolute atomic E-state index is 12.5. The number of carbonyl (C=O) groups excluding carboxylic acids is 1. The highest BCUT2D eigenvalue weighted by atomic mass is 16.7. The van der Waals surface area contributed by atoms with Gasteiger partial charge in [0.25, 0.3) is 0 Å². The molecule has 0 aliphatic carbocycles. The number of rotatable bonds is 1. The average Bonchev–Trinajstić information content (AvgIpc) is 2.34. The summed E-state index contributed by atoms with van der Waals surface area (Å²) < 4.78 is 17.1. The molecule has 2 aliphatic heterocycles. The van der Waals surface area contributed by atoms with Gasteiger partial charge in [0.1, 0.15) is 5.60 Å². The van der Waals surface area contributed by atoms with Crippen molar-refractivity contribution in [2.45, 2.75) is 77.0 Å². The van der Waals surface area contributed by atoms with E-state index in [1.807, 2.05) is 34.6 Å². The molecule has 1 N–H and O–H groups in total. The molecule has 0 unspecified atom stereocenters. The van der Waals surface area contributed by atoms with E-state index >= 15 is 0 Å². The SMILES string of the molecule is CC(C)(C)OC(=O)N1[C@H](CO)CC[C@@H]2OC(C)(C)OC[C@H]21. The number of amides is 1. The average molecular weight is 301 g/mol. The lowest BCUT2D eigenvalue weighted by molar-refractivity contribution is -0.302. The Bertz CT molecular complexity index is 390. The quantitative estimate of drug-likeness (QED) is 0.801. The Morgan fingerprint density at radius 3 is 2.62 bits per heavy atom. The highest BCUT2D eigenvalue weighted by Gasteiger charge is 2.47.